The van der Waals surface area contributed by atoms with E-state index in [1.807, 2.05) is 13.8 Å². The number of nitrogens with one attached hydrogen (secondary N) is 1. The summed E-state index contributed by atoms with van der Waals surface area (Å²) >= 11 is 5.96. The van der Waals surface area contributed by atoms with Crippen LogP contribution in [0.1, 0.15) is 35.8 Å². The smallest absolute Gasteiger partial charge is 0.342 e. The number of carbonyl (C=O) groups is 2. The predicted molar refractivity (Wildman–Crippen MR) is 112 cm³/mol. The van der Waals surface area contributed by atoms with Crippen LogP contribution in [0.3, 0.4) is 0 Å². The van der Waals surface area contributed by atoms with Crippen molar-refractivity contribution in [2.45, 2.75) is 19.8 Å². The summed E-state index contributed by atoms with van der Waals surface area (Å²) in [5.74, 6) is -0.960. The molecule has 0 fully saturated rings. The second kappa shape index (κ2) is 9.35. The van der Waals surface area contributed by atoms with Crippen LogP contribution in [0.5, 0.6) is 0 Å². The molecule has 0 unspecified atom stereocenters. The minimum absolute atomic E-state index is 0.0442. The van der Waals surface area contributed by atoms with Crippen LogP contribution in [0.25, 0.3) is 5.82 Å². The number of rotatable bonds is 7. The Kier molecular flexibility index (Phi) is 6.61. The first-order valence-corrected chi connectivity index (χ1v) is 9.56. The Balaban J connectivity index is 1.71. The number of esters is 1. The summed E-state index contributed by atoms with van der Waals surface area (Å²) in [4.78, 5) is 39.3. The number of nitro groups is 1. The van der Waals surface area contributed by atoms with E-state index in [-0.39, 0.29) is 27.9 Å². The van der Waals surface area contributed by atoms with Gasteiger partial charge < -0.3 is 10.1 Å². The molecule has 1 amide bonds. The lowest BCUT2D eigenvalue weighted by Gasteiger charge is -2.12. The molecule has 11 heteroatoms. The third-order valence-corrected chi connectivity index (χ3v) is 4.54. The Morgan fingerprint density at radius 3 is 2.71 bits per heavy atom. The van der Waals surface area contributed by atoms with Gasteiger partial charge in [-0.2, -0.15) is 5.10 Å². The molecule has 0 bridgehead atoms. The molecule has 2 aromatic heterocycles. The maximum atomic E-state index is 12.6. The van der Waals surface area contributed by atoms with E-state index in [1.165, 1.54) is 18.3 Å². The van der Waals surface area contributed by atoms with Crippen molar-refractivity contribution in [2.75, 3.05) is 11.9 Å². The van der Waals surface area contributed by atoms with Gasteiger partial charge in [-0.3, -0.25) is 14.9 Å². The third kappa shape index (κ3) is 5.04. The monoisotopic (exact) mass is 443 g/mol. The molecule has 1 N–H and O–H groups in total. The molecule has 10 nitrogen and oxygen atoms in total. The number of nitro benzene ring substituents is 1. The molecule has 0 saturated heterocycles. The summed E-state index contributed by atoms with van der Waals surface area (Å²) in [6.45, 7) is 3.18. The van der Waals surface area contributed by atoms with Crippen LogP contribution in [0.15, 0.2) is 48.8 Å². The second-order valence-corrected chi connectivity index (χ2v) is 7.15. The molecule has 0 aliphatic rings. The summed E-state index contributed by atoms with van der Waals surface area (Å²) in [5.41, 5.74) is 0.607. The van der Waals surface area contributed by atoms with Gasteiger partial charge in [0.15, 0.2) is 12.4 Å². The van der Waals surface area contributed by atoms with Gasteiger partial charge >= 0.3 is 5.97 Å². The molecular weight excluding hydrogens is 426 g/mol. The van der Waals surface area contributed by atoms with Crippen LogP contribution >= 0.6 is 11.6 Å². The van der Waals surface area contributed by atoms with Crippen molar-refractivity contribution in [2.24, 2.45) is 0 Å². The summed E-state index contributed by atoms with van der Waals surface area (Å²) in [6, 6.07) is 8.95. The fourth-order valence-corrected chi connectivity index (χ4v) is 3.01. The zero-order valence-corrected chi connectivity index (χ0v) is 17.4. The maximum Gasteiger partial charge on any atom is 0.342 e. The lowest BCUT2D eigenvalue weighted by molar-refractivity contribution is -0.384. The van der Waals surface area contributed by atoms with Crippen molar-refractivity contribution in [1.82, 2.24) is 14.8 Å². The Morgan fingerprint density at radius 2 is 2.06 bits per heavy atom. The van der Waals surface area contributed by atoms with E-state index < -0.39 is 23.4 Å². The first-order valence-electron chi connectivity index (χ1n) is 9.18. The molecule has 160 valence electrons. The van der Waals surface area contributed by atoms with E-state index >= 15 is 0 Å². The normalized spacial score (nSPS) is 10.7. The average molecular weight is 444 g/mol. The molecule has 0 aliphatic carbocycles. The van der Waals surface area contributed by atoms with Gasteiger partial charge in [0.05, 0.1) is 27.5 Å². The van der Waals surface area contributed by atoms with Crippen molar-refractivity contribution in [3.8, 4) is 5.82 Å². The van der Waals surface area contributed by atoms with Crippen molar-refractivity contribution in [1.29, 1.82) is 0 Å². The van der Waals surface area contributed by atoms with Crippen LogP contribution in [0.4, 0.5) is 11.4 Å². The molecule has 0 aliphatic heterocycles. The summed E-state index contributed by atoms with van der Waals surface area (Å²) < 4.78 is 6.66. The number of aromatic nitrogens is 3. The van der Waals surface area contributed by atoms with E-state index in [1.54, 1.807) is 29.1 Å². The van der Waals surface area contributed by atoms with Gasteiger partial charge in [-0.15, -0.1) is 0 Å². The summed E-state index contributed by atoms with van der Waals surface area (Å²) in [6.07, 6.45) is 2.98. The lowest BCUT2D eigenvalue weighted by Crippen LogP contribution is -2.21. The average Bonchev–Trinajstić information content (AvgIpc) is 3.19. The highest BCUT2D eigenvalue weighted by atomic mass is 35.5. The molecule has 0 radical (unpaired) electrons. The Morgan fingerprint density at radius 1 is 1.29 bits per heavy atom. The number of ether oxygens (including phenoxy) is 1. The number of non-ortho nitro benzene ring substituents is 1. The summed E-state index contributed by atoms with van der Waals surface area (Å²) in [5, 5.41) is 17.6. The van der Waals surface area contributed by atoms with Gasteiger partial charge in [0.25, 0.3) is 11.6 Å². The standard InChI is InChI=1S/C20H18ClN5O5/c1-12(2)19-14(10-23-25(19)17-5-3-4-8-22-17)20(28)31-11-18(27)24-16-9-13(26(29)30)6-7-15(16)21/h3-10,12H,11H2,1-2H3,(H,24,27). The van der Waals surface area contributed by atoms with E-state index in [4.69, 9.17) is 16.3 Å². The topological polar surface area (TPSA) is 129 Å². The highest BCUT2D eigenvalue weighted by molar-refractivity contribution is 6.33. The van der Waals surface area contributed by atoms with Gasteiger partial charge in [0.2, 0.25) is 0 Å². The highest BCUT2D eigenvalue weighted by Crippen LogP contribution is 2.27. The molecule has 3 aromatic rings. The fourth-order valence-electron chi connectivity index (χ4n) is 2.85. The number of carbonyl (C=O) groups excluding carboxylic acids is 2. The lowest BCUT2D eigenvalue weighted by atomic mass is 10.1. The minimum atomic E-state index is -0.730. The van der Waals surface area contributed by atoms with Gasteiger partial charge in [-0.05, 0) is 24.1 Å². The zero-order chi connectivity index (χ0) is 22.5. The van der Waals surface area contributed by atoms with Crippen LogP contribution in [0.2, 0.25) is 5.02 Å². The number of amides is 1. The SMILES string of the molecule is CC(C)c1c(C(=O)OCC(=O)Nc2cc([N+](=O)[O-])ccc2Cl)cnn1-c1ccccn1. The van der Waals surface area contributed by atoms with Gasteiger partial charge in [0.1, 0.15) is 5.56 Å². The van der Waals surface area contributed by atoms with Crippen molar-refractivity contribution in [3.05, 3.63) is 75.2 Å². The predicted octanol–water partition coefficient (Wildman–Crippen LogP) is 3.75. The van der Waals surface area contributed by atoms with Gasteiger partial charge in [-0.25, -0.2) is 14.5 Å². The largest absolute Gasteiger partial charge is 0.452 e. The second-order valence-electron chi connectivity index (χ2n) is 6.74. The van der Waals surface area contributed by atoms with E-state index in [2.05, 4.69) is 15.4 Å². The number of nitrogens with zero attached hydrogens (tertiary/aromatic N) is 4. The molecule has 2 heterocycles. The number of halogens is 1. The Hall–Kier alpha value is -3.79. The maximum absolute atomic E-state index is 12.6. The number of anilines is 1. The number of hydrogen-bond donors (Lipinski definition) is 1. The van der Waals surface area contributed by atoms with Crippen molar-refractivity contribution in [3.63, 3.8) is 0 Å². The molecular formula is C20H18ClN5O5. The minimum Gasteiger partial charge on any atom is -0.452 e. The fraction of sp³-hybridized carbons (Fsp3) is 0.200. The molecule has 0 atom stereocenters. The van der Waals surface area contributed by atoms with Crippen LogP contribution < -0.4 is 5.32 Å². The Labute approximate surface area is 182 Å². The molecule has 0 saturated carbocycles. The first kappa shape index (κ1) is 21.9. The number of hydrogen-bond acceptors (Lipinski definition) is 7. The molecule has 1 aromatic carbocycles. The van der Waals surface area contributed by atoms with Crippen LogP contribution in [-0.2, 0) is 9.53 Å². The van der Waals surface area contributed by atoms with Crippen molar-refractivity contribution >= 4 is 34.9 Å². The molecule has 0 spiro atoms. The molecule has 31 heavy (non-hydrogen) atoms. The highest BCUT2D eigenvalue weighted by Gasteiger charge is 2.23. The molecule has 3 rings (SSSR count). The van der Waals surface area contributed by atoms with Crippen LogP contribution in [0, 0.1) is 10.1 Å². The third-order valence-electron chi connectivity index (χ3n) is 4.21. The number of benzene rings is 1. The van der Waals surface area contributed by atoms with E-state index in [0.29, 0.717) is 11.5 Å². The van der Waals surface area contributed by atoms with Crippen LogP contribution in [-0.4, -0.2) is 38.2 Å². The Bertz CT molecular complexity index is 1130. The quantitative estimate of drug-likeness (QED) is 0.334. The van der Waals surface area contributed by atoms with Gasteiger partial charge in [0, 0.05) is 18.3 Å². The van der Waals surface area contributed by atoms with E-state index in [9.17, 15) is 19.7 Å². The summed E-state index contributed by atoms with van der Waals surface area (Å²) in [7, 11) is 0. The number of pyridine rings is 1. The zero-order valence-electron chi connectivity index (χ0n) is 16.6. The van der Waals surface area contributed by atoms with Crippen molar-refractivity contribution < 1.29 is 19.2 Å². The van der Waals surface area contributed by atoms with Gasteiger partial charge in [-0.1, -0.05) is 31.5 Å². The van der Waals surface area contributed by atoms with E-state index in [0.717, 1.165) is 6.07 Å². The first-order chi connectivity index (χ1) is 14.8.